The van der Waals surface area contributed by atoms with Gasteiger partial charge < -0.3 is 15.0 Å². The Labute approximate surface area is 116 Å². The van der Waals surface area contributed by atoms with E-state index in [1.54, 1.807) is 0 Å². The molecule has 1 aromatic rings. The molecule has 106 valence electrons. The van der Waals surface area contributed by atoms with Gasteiger partial charge in [0.25, 0.3) is 0 Å². The summed E-state index contributed by atoms with van der Waals surface area (Å²) in [6.07, 6.45) is 1.12. The van der Waals surface area contributed by atoms with Crippen LogP contribution in [0.4, 0.5) is 5.69 Å². The molecule has 1 aliphatic rings. The largest absolute Gasteiger partial charge is 0.381 e. The first kappa shape index (κ1) is 14.4. The van der Waals surface area contributed by atoms with E-state index < -0.39 is 0 Å². The highest BCUT2D eigenvalue weighted by Crippen LogP contribution is 2.21. The fourth-order valence-corrected chi connectivity index (χ4v) is 2.81. The highest BCUT2D eigenvalue weighted by molar-refractivity contribution is 5.47. The number of hydrogen-bond donors (Lipinski definition) is 1. The van der Waals surface area contributed by atoms with Crippen LogP contribution in [-0.2, 0) is 4.74 Å². The second-order valence-electron chi connectivity index (χ2n) is 5.39. The number of ether oxygens (including phenoxy) is 1. The molecule has 0 radical (unpaired) electrons. The quantitative estimate of drug-likeness (QED) is 0.882. The summed E-state index contributed by atoms with van der Waals surface area (Å²) in [4.78, 5) is 2.45. The van der Waals surface area contributed by atoms with Gasteiger partial charge in [0.2, 0.25) is 0 Å². The summed E-state index contributed by atoms with van der Waals surface area (Å²) in [6, 6.07) is 9.39. The zero-order chi connectivity index (χ0) is 13.7. The van der Waals surface area contributed by atoms with Gasteiger partial charge in [-0.3, -0.25) is 0 Å². The number of rotatable bonds is 5. The van der Waals surface area contributed by atoms with Crippen LogP contribution in [0.3, 0.4) is 0 Å². The van der Waals surface area contributed by atoms with Gasteiger partial charge >= 0.3 is 0 Å². The predicted octanol–water partition coefficient (Wildman–Crippen LogP) is 2.45. The molecule has 1 N–H and O–H groups in total. The number of nitrogens with zero attached hydrogens (tertiary/aromatic N) is 1. The van der Waals surface area contributed by atoms with E-state index in [-0.39, 0.29) is 0 Å². The van der Waals surface area contributed by atoms with Crippen LogP contribution < -0.4 is 10.2 Å². The van der Waals surface area contributed by atoms with Crippen molar-refractivity contribution in [2.24, 2.45) is 5.92 Å². The fraction of sp³-hybridized carbons (Fsp3) is 0.625. The predicted molar refractivity (Wildman–Crippen MR) is 80.8 cm³/mol. The Balaban J connectivity index is 2.03. The van der Waals surface area contributed by atoms with Gasteiger partial charge in [0, 0.05) is 37.3 Å². The van der Waals surface area contributed by atoms with Gasteiger partial charge in [0.1, 0.15) is 0 Å². The molecular formula is C16H26N2O. The van der Waals surface area contributed by atoms with Crippen molar-refractivity contribution in [3.63, 3.8) is 0 Å². The number of nitrogens with one attached hydrogen (secondary N) is 1. The molecule has 0 aliphatic carbocycles. The van der Waals surface area contributed by atoms with Crippen molar-refractivity contribution in [2.75, 3.05) is 38.3 Å². The molecule has 0 saturated carbocycles. The van der Waals surface area contributed by atoms with E-state index in [9.17, 15) is 0 Å². The Morgan fingerprint density at radius 3 is 2.68 bits per heavy atom. The van der Waals surface area contributed by atoms with Gasteiger partial charge in [-0.15, -0.1) is 0 Å². The molecular weight excluding hydrogens is 236 g/mol. The smallest absolute Gasteiger partial charge is 0.0526 e. The lowest BCUT2D eigenvalue weighted by atomic mass is 9.95. The number of aryl methyl sites for hydroxylation is 1. The van der Waals surface area contributed by atoms with Crippen LogP contribution in [0, 0.1) is 12.8 Å². The fourth-order valence-electron chi connectivity index (χ4n) is 2.81. The van der Waals surface area contributed by atoms with E-state index >= 15 is 0 Å². The molecule has 2 atom stereocenters. The van der Waals surface area contributed by atoms with Gasteiger partial charge in [-0.25, -0.2) is 0 Å². The number of benzene rings is 1. The van der Waals surface area contributed by atoms with Crippen LogP contribution >= 0.6 is 0 Å². The average Bonchev–Trinajstić information content (AvgIpc) is 2.46. The highest BCUT2D eigenvalue weighted by atomic mass is 16.5. The van der Waals surface area contributed by atoms with Crippen molar-refractivity contribution in [1.82, 2.24) is 5.32 Å². The Kier molecular flexibility index (Phi) is 5.23. The minimum absolute atomic E-state index is 0.569. The van der Waals surface area contributed by atoms with Crippen LogP contribution in [0.5, 0.6) is 0 Å². The third-order valence-corrected chi connectivity index (χ3v) is 4.08. The molecule has 1 heterocycles. The summed E-state index contributed by atoms with van der Waals surface area (Å²) < 4.78 is 5.65. The minimum atomic E-state index is 0.569. The normalized spacial score (nSPS) is 23.3. The molecule has 1 saturated heterocycles. The maximum atomic E-state index is 5.65. The molecule has 19 heavy (non-hydrogen) atoms. The van der Waals surface area contributed by atoms with Crippen molar-refractivity contribution >= 4 is 5.69 Å². The Bertz CT molecular complexity index is 377. The zero-order valence-corrected chi connectivity index (χ0v) is 12.4. The van der Waals surface area contributed by atoms with Crippen LogP contribution in [0.15, 0.2) is 24.3 Å². The Morgan fingerprint density at radius 1 is 1.32 bits per heavy atom. The van der Waals surface area contributed by atoms with Crippen molar-refractivity contribution in [3.05, 3.63) is 29.8 Å². The van der Waals surface area contributed by atoms with E-state index in [1.165, 1.54) is 11.3 Å². The third-order valence-electron chi connectivity index (χ3n) is 4.08. The standard InChI is InChI=1S/C16H26N2O/c1-4-18(15-7-5-13(2)6-8-15)11-14-12-19-10-9-16(14)17-3/h5-8,14,16-17H,4,9-12H2,1-3H3. The molecule has 0 bridgehead atoms. The maximum Gasteiger partial charge on any atom is 0.0526 e. The van der Waals surface area contributed by atoms with Crippen LogP contribution in [0.25, 0.3) is 0 Å². The first-order chi connectivity index (χ1) is 9.24. The molecule has 3 heteroatoms. The molecule has 0 spiro atoms. The van der Waals surface area contributed by atoms with E-state index in [2.05, 4.69) is 55.4 Å². The minimum Gasteiger partial charge on any atom is -0.381 e. The lowest BCUT2D eigenvalue weighted by molar-refractivity contribution is 0.0368. The van der Waals surface area contributed by atoms with Crippen LogP contribution in [0.1, 0.15) is 18.9 Å². The topological polar surface area (TPSA) is 24.5 Å². The molecule has 3 nitrogen and oxygen atoms in total. The SMILES string of the molecule is CCN(CC1COCCC1NC)c1ccc(C)cc1. The highest BCUT2D eigenvalue weighted by Gasteiger charge is 2.26. The molecule has 2 rings (SSSR count). The summed E-state index contributed by atoms with van der Waals surface area (Å²) in [5.41, 5.74) is 2.63. The lowest BCUT2D eigenvalue weighted by Crippen LogP contribution is -2.46. The molecule has 1 aliphatic heterocycles. The summed E-state index contributed by atoms with van der Waals surface area (Å²) >= 11 is 0. The van der Waals surface area contributed by atoms with E-state index in [4.69, 9.17) is 4.74 Å². The summed E-state index contributed by atoms with van der Waals surface area (Å²) in [7, 11) is 2.06. The second-order valence-corrected chi connectivity index (χ2v) is 5.39. The van der Waals surface area contributed by atoms with Gasteiger partial charge in [-0.1, -0.05) is 17.7 Å². The molecule has 2 unspecified atom stereocenters. The van der Waals surface area contributed by atoms with Crippen LogP contribution in [0.2, 0.25) is 0 Å². The molecule has 1 fully saturated rings. The van der Waals surface area contributed by atoms with E-state index in [1.807, 2.05) is 0 Å². The van der Waals surface area contributed by atoms with Crippen molar-refractivity contribution in [3.8, 4) is 0 Å². The van der Waals surface area contributed by atoms with Crippen molar-refractivity contribution < 1.29 is 4.74 Å². The summed E-state index contributed by atoms with van der Waals surface area (Å²) in [6.45, 7) is 8.21. The average molecular weight is 262 g/mol. The van der Waals surface area contributed by atoms with Gasteiger partial charge in [-0.05, 0) is 39.4 Å². The molecule has 0 amide bonds. The van der Waals surface area contributed by atoms with Crippen molar-refractivity contribution in [2.45, 2.75) is 26.3 Å². The molecule has 0 aromatic heterocycles. The van der Waals surface area contributed by atoms with Crippen molar-refractivity contribution in [1.29, 1.82) is 0 Å². The number of hydrogen-bond acceptors (Lipinski definition) is 3. The van der Waals surface area contributed by atoms with E-state index in [0.29, 0.717) is 12.0 Å². The summed E-state index contributed by atoms with van der Waals surface area (Å²) in [5, 5.41) is 3.44. The second kappa shape index (κ2) is 6.92. The first-order valence-corrected chi connectivity index (χ1v) is 7.31. The Hall–Kier alpha value is -1.06. The molecule has 1 aromatic carbocycles. The van der Waals surface area contributed by atoms with Gasteiger partial charge in [0.15, 0.2) is 0 Å². The first-order valence-electron chi connectivity index (χ1n) is 7.31. The third kappa shape index (κ3) is 3.71. The van der Waals surface area contributed by atoms with Gasteiger partial charge in [-0.2, -0.15) is 0 Å². The lowest BCUT2D eigenvalue weighted by Gasteiger charge is -2.36. The maximum absolute atomic E-state index is 5.65. The Morgan fingerprint density at radius 2 is 2.05 bits per heavy atom. The number of anilines is 1. The zero-order valence-electron chi connectivity index (χ0n) is 12.4. The monoisotopic (exact) mass is 262 g/mol. The van der Waals surface area contributed by atoms with Gasteiger partial charge in [0.05, 0.1) is 6.61 Å². The summed E-state index contributed by atoms with van der Waals surface area (Å²) in [5.74, 6) is 0.569. The van der Waals surface area contributed by atoms with E-state index in [0.717, 1.165) is 32.7 Å². The van der Waals surface area contributed by atoms with Crippen LogP contribution in [-0.4, -0.2) is 39.4 Å².